The van der Waals surface area contributed by atoms with Crippen molar-refractivity contribution in [1.82, 2.24) is 15.0 Å². The van der Waals surface area contributed by atoms with Gasteiger partial charge in [0.1, 0.15) is 5.82 Å². The largest absolute Gasteiger partial charge is 0.417 e. The van der Waals surface area contributed by atoms with Gasteiger partial charge in [0.25, 0.3) is 0 Å². The van der Waals surface area contributed by atoms with Crippen molar-refractivity contribution in [1.29, 1.82) is 0 Å². The first-order valence-corrected chi connectivity index (χ1v) is 10.6. The minimum atomic E-state index is -4.58. The van der Waals surface area contributed by atoms with Crippen molar-refractivity contribution in [3.63, 3.8) is 0 Å². The molecule has 3 rings (SSSR count). The Labute approximate surface area is 178 Å². The number of nitrogens with two attached hydrogens (primary N) is 1. The Morgan fingerprint density at radius 3 is 2.40 bits per heavy atom. The average Bonchev–Trinajstić information content (AvgIpc) is 2.66. The van der Waals surface area contributed by atoms with Crippen LogP contribution in [0.15, 0.2) is 18.3 Å². The molecule has 0 aliphatic carbocycles. The first-order valence-electron chi connectivity index (χ1n) is 9.70. The minimum Gasteiger partial charge on any atom is -0.384 e. The summed E-state index contributed by atoms with van der Waals surface area (Å²) in [5, 5.41) is 0.314. The van der Waals surface area contributed by atoms with Gasteiger partial charge in [-0.15, -0.1) is 11.8 Å². The number of rotatable bonds is 5. The third-order valence-electron chi connectivity index (χ3n) is 4.66. The lowest BCUT2D eigenvalue weighted by atomic mass is 10.0. The molecule has 164 valence electrons. The zero-order valence-electron chi connectivity index (χ0n) is 17.5. The highest BCUT2D eigenvalue weighted by atomic mass is 32.2. The molecule has 0 aromatic carbocycles. The predicted octanol–water partition coefficient (Wildman–Crippen LogP) is 4.35. The van der Waals surface area contributed by atoms with Gasteiger partial charge in [-0.3, -0.25) is 0 Å². The van der Waals surface area contributed by atoms with Gasteiger partial charge in [-0.25, -0.2) is 15.0 Å². The normalized spacial score (nSPS) is 15.7. The first kappa shape index (κ1) is 22.6. The van der Waals surface area contributed by atoms with E-state index in [1.165, 1.54) is 0 Å². The van der Waals surface area contributed by atoms with E-state index in [4.69, 9.17) is 15.5 Å². The fourth-order valence-electron chi connectivity index (χ4n) is 3.35. The van der Waals surface area contributed by atoms with Gasteiger partial charge >= 0.3 is 6.18 Å². The Bertz CT molecular complexity index is 898. The van der Waals surface area contributed by atoms with E-state index < -0.39 is 16.5 Å². The van der Waals surface area contributed by atoms with E-state index in [0.29, 0.717) is 43.2 Å². The first-order chi connectivity index (χ1) is 14.0. The molecular weight excluding hydrogens is 415 g/mol. The summed E-state index contributed by atoms with van der Waals surface area (Å²) in [4.78, 5) is 15.0. The van der Waals surface area contributed by atoms with E-state index >= 15 is 0 Å². The number of halogens is 3. The van der Waals surface area contributed by atoms with Crippen LogP contribution < -0.4 is 10.6 Å². The van der Waals surface area contributed by atoms with Crippen molar-refractivity contribution < 1.29 is 17.9 Å². The van der Waals surface area contributed by atoms with E-state index in [9.17, 15) is 13.2 Å². The lowest BCUT2D eigenvalue weighted by Gasteiger charge is -2.30. The van der Waals surface area contributed by atoms with Gasteiger partial charge in [0.05, 0.1) is 34.9 Å². The summed E-state index contributed by atoms with van der Waals surface area (Å²) < 4.78 is 46.1. The monoisotopic (exact) mass is 441 g/mol. The number of hydrogen-bond acceptors (Lipinski definition) is 7. The molecule has 2 aromatic heterocycles. The smallest absolute Gasteiger partial charge is 0.384 e. The fraction of sp³-hybridized carbons (Fsp3) is 0.550. The van der Waals surface area contributed by atoms with E-state index in [1.807, 2.05) is 18.7 Å². The molecular formula is C20H26F3N5OS. The van der Waals surface area contributed by atoms with Crippen LogP contribution >= 0.6 is 11.8 Å². The summed E-state index contributed by atoms with van der Waals surface area (Å²) in [6.45, 7) is 10.4. The number of hydrogen-bond donors (Lipinski definition) is 1. The van der Waals surface area contributed by atoms with E-state index in [-0.39, 0.29) is 17.1 Å². The molecule has 3 heterocycles. The standard InChI is InChI=1S/C20H26F3N5OS/c1-12(2)30-19(3,4)16-10-15(26-18(27-16)28-5-7-29-8-6-28)13-11-25-17(24)9-14(13)20(21,22)23/h9-12H,5-8H2,1-4H3,(H2,24,25). The second-order valence-corrected chi connectivity index (χ2v) is 10.1. The molecule has 6 nitrogen and oxygen atoms in total. The number of nitrogen functional groups attached to an aromatic ring is 1. The Hall–Kier alpha value is -2.07. The number of aromatic nitrogens is 3. The number of nitrogens with zero attached hydrogens (tertiary/aromatic N) is 4. The molecule has 0 radical (unpaired) electrons. The third-order valence-corrected chi connectivity index (χ3v) is 5.93. The van der Waals surface area contributed by atoms with Crippen LogP contribution in [0.5, 0.6) is 0 Å². The van der Waals surface area contributed by atoms with Gasteiger partial charge in [0.2, 0.25) is 5.95 Å². The van der Waals surface area contributed by atoms with Crippen molar-refractivity contribution in [3.05, 3.63) is 29.6 Å². The Kier molecular flexibility index (Phi) is 6.47. The second-order valence-electron chi connectivity index (χ2n) is 7.87. The van der Waals surface area contributed by atoms with Crippen LogP contribution in [-0.2, 0) is 15.7 Å². The molecule has 1 saturated heterocycles. The minimum absolute atomic E-state index is 0.111. The van der Waals surface area contributed by atoms with Crippen LogP contribution in [0, 0.1) is 0 Å². The molecule has 0 saturated carbocycles. The fourth-order valence-corrected chi connectivity index (χ4v) is 4.75. The molecule has 0 unspecified atom stereocenters. The summed E-state index contributed by atoms with van der Waals surface area (Å²) >= 11 is 1.69. The van der Waals surface area contributed by atoms with Crippen molar-refractivity contribution in [2.45, 2.75) is 43.9 Å². The van der Waals surface area contributed by atoms with Crippen LogP contribution in [-0.4, -0.2) is 46.5 Å². The number of alkyl halides is 3. The van der Waals surface area contributed by atoms with Gasteiger partial charge in [-0.05, 0) is 31.2 Å². The summed E-state index contributed by atoms with van der Waals surface area (Å²) in [5.74, 6) is 0.206. The van der Waals surface area contributed by atoms with E-state index in [2.05, 4.69) is 23.8 Å². The quantitative estimate of drug-likeness (QED) is 0.739. The number of anilines is 2. The van der Waals surface area contributed by atoms with Gasteiger partial charge < -0.3 is 15.4 Å². The molecule has 0 amide bonds. The molecule has 1 aliphatic heterocycles. The summed E-state index contributed by atoms with van der Waals surface area (Å²) in [6, 6.07) is 2.47. The van der Waals surface area contributed by atoms with Crippen LogP contribution in [0.25, 0.3) is 11.3 Å². The zero-order chi connectivity index (χ0) is 22.1. The van der Waals surface area contributed by atoms with Crippen LogP contribution in [0.2, 0.25) is 0 Å². The van der Waals surface area contributed by atoms with Crippen LogP contribution in [0.1, 0.15) is 39.0 Å². The maximum atomic E-state index is 13.7. The van der Waals surface area contributed by atoms with Gasteiger partial charge in [-0.1, -0.05) is 13.8 Å². The molecule has 30 heavy (non-hydrogen) atoms. The molecule has 10 heteroatoms. The second kappa shape index (κ2) is 8.58. The van der Waals surface area contributed by atoms with Gasteiger partial charge in [-0.2, -0.15) is 13.2 Å². The van der Waals surface area contributed by atoms with E-state index in [0.717, 1.165) is 12.3 Å². The van der Waals surface area contributed by atoms with Crippen molar-refractivity contribution in [2.75, 3.05) is 36.9 Å². The van der Waals surface area contributed by atoms with Crippen LogP contribution in [0.3, 0.4) is 0 Å². The zero-order valence-corrected chi connectivity index (χ0v) is 18.3. The number of morpholine rings is 1. The Morgan fingerprint density at radius 2 is 1.80 bits per heavy atom. The lowest BCUT2D eigenvalue weighted by molar-refractivity contribution is -0.137. The highest BCUT2D eigenvalue weighted by Gasteiger charge is 2.36. The molecule has 0 bridgehead atoms. The molecule has 0 spiro atoms. The average molecular weight is 442 g/mol. The summed E-state index contributed by atoms with van der Waals surface area (Å²) in [6.07, 6.45) is -3.45. The lowest BCUT2D eigenvalue weighted by Crippen LogP contribution is -2.38. The number of thioether (sulfide) groups is 1. The van der Waals surface area contributed by atoms with Crippen molar-refractivity contribution in [2.24, 2.45) is 0 Å². The molecule has 1 aliphatic rings. The SMILES string of the molecule is CC(C)SC(C)(C)c1cc(-c2cnc(N)cc2C(F)(F)F)nc(N2CCOCC2)n1. The molecule has 2 N–H and O–H groups in total. The Balaban J connectivity index is 2.18. The van der Waals surface area contributed by atoms with Crippen molar-refractivity contribution >= 4 is 23.5 Å². The summed E-state index contributed by atoms with van der Waals surface area (Å²) in [5.41, 5.74) is 5.41. The van der Waals surface area contributed by atoms with Crippen molar-refractivity contribution in [3.8, 4) is 11.3 Å². The maximum Gasteiger partial charge on any atom is 0.417 e. The van der Waals surface area contributed by atoms with Crippen LogP contribution in [0.4, 0.5) is 24.9 Å². The van der Waals surface area contributed by atoms with E-state index in [1.54, 1.807) is 17.8 Å². The summed E-state index contributed by atoms with van der Waals surface area (Å²) in [7, 11) is 0. The molecule has 0 atom stereocenters. The Morgan fingerprint density at radius 1 is 1.13 bits per heavy atom. The third kappa shape index (κ3) is 5.15. The number of pyridine rings is 1. The van der Waals surface area contributed by atoms with Gasteiger partial charge in [0, 0.05) is 24.8 Å². The highest BCUT2D eigenvalue weighted by molar-refractivity contribution is 8.00. The maximum absolute atomic E-state index is 13.7. The van der Waals surface area contributed by atoms with Gasteiger partial charge in [0.15, 0.2) is 0 Å². The topological polar surface area (TPSA) is 77.2 Å². The molecule has 1 fully saturated rings. The highest BCUT2D eigenvalue weighted by Crippen LogP contribution is 2.41. The predicted molar refractivity (Wildman–Crippen MR) is 113 cm³/mol. The number of ether oxygens (including phenoxy) is 1. The molecule has 2 aromatic rings.